The van der Waals surface area contributed by atoms with Crippen molar-refractivity contribution >= 4 is 45.7 Å². The highest BCUT2D eigenvalue weighted by Crippen LogP contribution is 2.29. The first-order valence-corrected chi connectivity index (χ1v) is 13.9. The van der Waals surface area contributed by atoms with E-state index in [1.54, 1.807) is 35.1 Å². The monoisotopic (exact) mass is 540 g/mol. The number of fused-ring (bicyclic) bond motifs is 3. The van der Waals surface area contributed by atoms with Crippen molar-refractivity contribution in [3.8, 4) is 5.69 Å². The van der Waals surface area contributed by atoms with Gasteiger partial charge in [-0.2, -0.15) is 4.98 Å². The molecule has 2 aromatic carbocycles. The smallest absolute Gasteiger partial charge is 0.270 e. The van der Waals surface area contributed by atoms with Gasteiger partial charge < -0.3 is 15.1 Å². The minimum atomic E-state index is -0.276. The van der Waals surface area contributed by atoms with Crippen molar-refractivity contribution in [1.82, 2.24) is 28.8 Å². The molecule has 0 amide bonds. The van der Waals surface area contributed by atoms with Gasteiger partial charge in [-0.05, 0) is 75.2 Å². The molecule has 0 bridgehead atoms. The van der Waals surface area contributed by atoms with Crippen molar-refractivity contribution in [3.63, 3.8) is 0 Å². The molecule has 9 nitrogen and oxygen atoms in total. The van der Waals surface area contributed by atoms with Crippen LogP contribution in [0.5, 0.6) is 0 Å². The summed E-state index contributed by atoms with van der Waals surface area (Å²) in [5.41, 5.74) is 2.90. The summed E-state index contributed by atoms with van der Waals surface area (Å²) < 4.78 is 3.28. The molecule has 0 spiro atoms. The molecule has 2 saturated heterocycles. The molecule has 2 aliphatic heterocycles. The fourth-order valence-electron chi connectivity index (χ4n) is 5.95. The lowest BCUT2D eigenvalue weighted by atomic mass is 10.2. The normalized spacial score (nSPS) is 18.0. The van der Waals surface area contributed by atoms with Crippen LogP contribution in [-0.2, 0) is 0 Å². The number of likely N-dealkylation sites (tertiary alicyclic amines) is 1. The van der Waals surface area contributed by atoms with E-state index >= 15 is 0 Å². The number of hydrogen-bond donors (Lipinski definition) is 1. The Balaban J connectivity index is 1.17. The van der Waals surface area contributed by atoms with Gasteiger partial charge in [0.05, 0.1) is 10.7 Å². The van der Waals surface area contributed by atoms with Crippen LogP contribution < -0.4 is 15.8 Å². The Kier molecular flexibility index (Phi) is 6.17. The third-order valence-electron chi connectivity index (χ3n) is 7.84. The second kappa shape index (κ2) is 9.98. The third-order valence-corrected chi connectivity index (χ3v) is 8.16. The molecule has 2 aliphatic rings. The van der Waals surface area contributed by atoms with Gasteiger partial charge in [-0.1, -0.05) is 23.7 Å². The zero-order chi connectivity index (χ0) is 26.3. The van der Waals surface area contributed by atoms with Crippen LogP contribution in [0.2, 0.25) is 5.02 Å². The fraction of sp³-hybridized carbons (Fsp3) is 0.310. The van der Waals surface area contributed by atoms with Gasteiger partial charge in [0, 0.05) is 49.1 Å². The van der Waals surface area contributed by atoms with Crippen molar-refractivity contribution in [2.75, 3.05) is 36.4 Å². The van der Waals surface area contributed by atoms with Gasteiger partial charge in [0.1, 0.15) is 5.39 Å². The van der Waals surface area contributed by atoms with E-state index in [-0.39, 0.29) is 5.56 Å². The Labute approximate surface area is 230 Å². The Morgan fingerprint density at radius 1 is 0.974 bits per heavy atom. The lowest BCUT2D eigenvalue weighted by Gasteiger charge is -2.30. The van der Waals surface area contributed by atoms with Gasteiger partial charge in [-0.25, -0.2) is 14.5 Å². The van der Waals surface area contributed by atoms with E-state index in [0.717, 1.165) is 18.8 Å². The summed E-state index contributed by atoms with van der Waals surface area (Å²) in [5.74, 6) is 0.844. The number of rotatable bonds is 6. The first-order valence-electron chi connectivity index (χ1n) is 13.5. The second-order valence-electron chi connectivity index (χ2n) is 10.3. The third kappa shape index (κ3) is 4.41. The van der Waals surface area contributed by atoms with Crippen LogP contribution in [0.4, 0.5) is 17.3 Å². The minimum Gasteiger partial charge on any atom is -0.367 e. The highest BCUT2D eigenvalue weighted by Gasteiger charge is 2.27. The zero-order valence-electron chi connectivity index (χ0n) is 21.5. The Morgan fingerprint density at radius 3 is 2.62 bits per heavy atom. The second-order valence-corrected chi connectivity index (χ2v) is 10.7. The summed E-state index contributed by atoms with van der Waals surface area (Å²) in [6.45, 7) is 4.73. The molecule has 39 heavy (non-hydrogen) atoms. The lowest BCUT2D eigenvalue weighted by molar-refractivity contribution is 0.314. The number of aromatic nitrogens is 5. The van der Waals surface area contributed by atoms with E-state index in [2.05, 4.69) is 49.4 Å². The Hall–Kier alpha value is -3.95. The van der Waals surface area contributed by atoms with Gasteiger partial charge in [0.25, 0.3) is 5.56 Å². The molecule has 0 aliphatic carbocycles. The number of nitrogens with zero attached hydrogens (tertiary/aromatic N) is 7. The SMILES string of the molecule is O=c1c2cnc(Nc3ccc(N4CCC[C@H]4CN4CCCC4)cc3)nc2n2ccnc2n1-c1ccccc1Cl. The molecule has 10 heteroatoms. The molecule has 2 fully saturated rings. The molecule has 198 valence electrons. The van der Waals surface area contributed by atoms with E-state index in [0.29, 0.717) is 39.5 Å². The molecule has 5 aromatic rings. The number of halogens is 1. The maximum atomic E-state index is 13.5. The maximum Gasteiger partial charge on any atom is 0.270 e. The van der Waals surface area contributed by atoms with Crippen LogP contribution in [0.3, 0.4) is 0 Å². The molecule has 5 heterocycles. The van der Waals surface area contributed by atoms with Crippen molar-refractivity contribution in [2.24, 2.45) is 0 Å². The predicted molar refractivity (Wildman–Crippen MR) is 155 cm³/mol. The van der Waals surface area contributed by atoms with Crippen molar-refractivity contribution in [3.05, 3.63) is 82.5 Å². The van der Waals surface area contributed by atoms with E-state index in [9.17, 15) is 4.79 Å². The first kappa shape index (κ1) is 24.1. The van der Waals surface area contributed by atoms with Gasteiger partial charge in [-0.15, -0.1) is 0 Å². The molecule has 1 atom stereocenters. The fourth-order valence-corrected chi connectivity index (χ4v) is 6.17. The van der Waals surface area contributed by atoms with Gasteiger partial charge in [-0.3, -0.25) is 9.20 Å². The maximum absolute atomic E-state index is 13.5. The molecule has 3 aromatic heterocycles. The highest BCUT2D eigenvalue weighted by atomic mass is 35.5. The van der Waals surface area contributed by atoms with Gasteiger partial charge in [0.2, 0.25) is 11.7 Å². The van der Waals surface area contributed by atoms with Gasteiger partial charge in [0.15, 0.2) is 5.65 Å². The number of benzene rings is 2. The number of imidazole rings is 1. The molecule has 0 saturated carbocycles. The van der Waals surface area contributed by atoms with E-state index in [1.807, 2.05) is 12.1 Å². The molecule has 0 unspecified atom stereocenters. The van der Waals surface area contributed by atoms with Crippen LogP contribution in [0, 0.1) is 0 Å². The first-order chi connectivity index (χ1) is 19.2. The molecular weight excluding hydrogens is 512 g/mol. The summed E-state index contributed by atoms with van der Waals surface area (Å²) in [6.07, 6.45) is 10.1. The summed E-state index contributed by atoms with van der Waals surface area (Å²) in [7, 11) is 0. The highest BCUT2D eigenvalue weighted by molar-refractivity contribution is 6.32. The van der Waals surface area contributed by atoms with E-state index in [1.165, 1.54) is 49.0 Å². The standard InChI is InChI=1S/C29H29ClN8O/c30-24-7-1-2-8-25(24)38-27(39)23-18-32-28(34-26(23)37-17-13-31-29(37)38)33-20-9-11-21(12-10-20)36-16-5-6-22(36)19-35-14-3-4-15-35/h1-2,7-13,17-18,22H,3-6,14-16,19H2,(H,32,33,34)/t22-/m0/s1. The minimum absolute atomic E-state index is 0.276. The summed E-state index contributed by atoms with van der Waals surface area (Å²) in [4.78, 5) is 32.2. The number of hydrogen-bond acceptors (Lipinski definition) is 7. The largest absolute Gasteiger partial charge is 0.367 e. The molecular formula is C29H29ClN8O. The summed E-state index contributed by atoms with van der Waals surface area (Å²) >= 11 is 6.42. The number of nitrogens with one attached hydrogen (secondary N) is 1. The Morgan fingerprint density at radius 2 is 1.79 bits per heavy atom. The predicted octanol–water partition coefficient (Wildman–Crippen LogP) is 4.89. The van der Waals surface area contributed by atoms with E-state index < -0.39 is 0 Å². The van der Waals surface area contributed by atoms with E-state index in [4.69, 9.17) is 16.6 Å². The topological polar surface area (TPSA) is 83.6 Å². The Bertz CT molecular complexity index is 1710. The summed E-state index contributed by atoms with van der Waals surface area (Å²) in [5, 5.41) is 4.14. The van der Waals surface area contributed by atoms with Crippen LogP contribution in [0.25, 0.3) is 22.5 Å². The van der Waals surface area contributed by atoms with Crippen LogP contribution >= 0.6 is 11.6 Å². The van der Waals surface area contributed by atoms with Crippen LogP contribution in [0.1, 0.15) is 25.7 Å². The van der Waals surface area contributed by atoms with Gasteiger partial charge >= 0.3 is 0 Å². The molecule has 1 N–H and O–H groups in total. The van der Waals surface area contributed by atoms with Crippen molar-refractivity contribution < 1.29 is 0 Å². The van der Waals surface area contributed by atoms with Crippen LogP contribution in [-0.4, -0.2) is 61.0 Å². The lowest BCUT2D eigenvalue weighted by Crippen LogP contribution is -2.39. The van der Waals surface area contributed by atoms with Crippen molar-refractivity contribution in [1.29, 1.82) is 0 Å². The van der Waals surface area contributed by atoms with Crippen molar-refractivity contribution in [2.45, 2.75) is 31.7 Å². The zero-order valence-corrected chi connectivity index (χ0v) is 22.3. The summed E-state index contributed by atoms with van der Waals surface area (Å²) in [6, 6.07) is 16.3. The average molecular weight is 541 g/mol. The number of anilines is 3. The quantitative estimate of drug-likeness (QED) is 0.328. The molecule has 7 rings (SSSR count). The average Bonchev–Trinajstić information content (AvgIpc) is 3.73. The number of para-hydroxylation sites is 1. The molecule has 0 radical (unpaired) electrons. The van der Waals surface area contributed by atoms with Crippen LogP contribution in [0.15, 0.2) is 71.9 Å².